The molecular weight excluding hydrogens is 342 g/mol. The van der Waals surface area contributed by atoms with Crippen molar-refractivity contribution < 1.29 is 28.7 Å². The quantitative estimate of drug-likeness (QED) is 0.574. The molecular formula is C13H16N2O6P2. The van der Waals surface area contributed by atoms with Crippen LogP contribution in [0.4, 0.5) is 5.82 Å². The molecule has 2 rings (SSSR count). The molecule has 10 heteroatoms. The number of hydrogen-bond donors (Lipinski definition) is 4. The third-order valence-electron chi connectivity index (χ3n) is 3.02. The van der Waals surface area contributed by atoms with Gasteiger partial charge < -0.3 is 24.5 Å². The van der Waals surface area contributed by atoms with Crippen LogP contribution in [-0.4, -0.2) is 30.1 Å². The average Bonchev–Trinajstić information content (AvgIpc) is 2.46. The van der Waals surface area contributed by atoms with Crippen LogP contribution in [0.3, 0.4) is 0 Å². The molecule has 1 aromatic heterocycles. The van der Waals surface area contributed by atoms with Crippen LogP contribution in [-0.2, 0) is 15.7 Å². The van der Waals surface area contributed by atoms with Gasteiger partial charge in [0.2, 0.25) is 5.52 Å². The molecule has 0 unspecified atom stereocenters. The molecule has 0 saturated carbocycles. The summed E-state index contributed by atoms with van der Waals surface area (Å²) in [6.07, 6.45) is 1.38. The minimum absolute atomic E-state index is 0.0630. The smallest absolute Gasteiger partial charge is 0.328 e. The molecule has 0 spiro atoms. The number of benzene rings is 1. The fraction of sp³-hybridized carbons (Fsp3) is 0.154. The first-order chi connectivity index (χ1) is 10.7. The summed E-state index contributed by atoms with van der Waals surface area (Å²) in [6, 6.07) is 13.2. The zero-order valence-electron chi connectivity index (χ0n) is 11.9. The topological polar surface area (TPSA) is 131 Å². The summed E-state index contributed by atoms with van der Waals surface area (Å²) in [7, 11) is -10.3. The third kappa shape index (κ3) is 4.72. The second-order valence-corrected chi connectivity index (χ2v) is 8.57. The van der Waals surface area contributed by atoms with Crippen LogP contribution in [0.25, 0.3) is 0 Å². The van der Waals surface area contributed by atoms with E-state index >= 15 is 0 Å². The summed E-state index contributed by atoms with van der Waals surface area (Å²) in [5.74, 6) is 0.0630. The van der Waals surface area contributed by atoms with Crippen LogP contribution in [0.15, 0.2) is 54.7 Å². The van der Waals surface area contributed by atoms with Gasteiger partial charge in [0.05, 0.1) is 0 Å². The molecule has 2 aromatic rings. The number of rotatable bonds is 6. The van der Waals surface area contributed by atoms with Gasteiger partial charge in [-0.05, 0) is 17.7 Å². The maximum atomic E-state index is 11.7. The van der Waals surface area contributed by atoms with Gasteiger partial charge in [0.15, 0.2) is 0 Å². The van der Waals surface area contributed by atoms with Crippen LogP contribution in [0.2, 0.25) is 0 Å². The van der Waals surface area contributed by atoms with Crippen molar-refractivity contribution in [3.8, 4) is 0 Å². The molecule has 23 heavy (non-hydrogen) atoms. The van der Waals surface area contributed by atoms with Gasteiger partial charge in [0.1, 0.15) is 5.82 Å². The highest BCUT2D eigenvalue weighted by Crippen LogP contribution is 2.61. The molecule has 0 atom stereocenters. The first-order valence-electron chi connectivity index (χ1n) is 6.51. The normalized spacial score (nSPS) is 12.4. The van der Waals surface area contributed by atoms with Crippen LogP contribution < -0.4 is 4.90 Å². The molecule has 0 saturated heterocycles. The summed E-state index contributed by atoms with van der Waals surface area (Å²) in [5.41, 5.74) is -1.67. The molecule has 0 amide bonds. The third-order valence-corrected chi connectivity index (χ3v) is 6.59. The Bertz CT molecular complexity index is 709. The van der Waals surface area contributed by atoms with E-state index in [9.17, 15) is 28.7 Å². The molecule has 1 aromatic carbocycles. The van der Waals surface area contributed by atoms with Gasteiger partial charge in [0.25, 0.3) is 0 Å². The van der Waals surface area contributed by atoms with Crippen LogP contribution in [0, 0.1) is 0 Å². The van der Waals surface area contributed by atoms with E-state index in [2.05, 4.69) is 4.98 Å². The number of pyridine rings is 1. The van der Waals surface area contributed by atoms with Crippen LogP contribution in [0.5, 0.6) is 0 Å². The van der Waals surface area contributed by atoms with Gasteiger partial charge in [-0.25, -0.2) is 4.98 Å². The summed E-state index contributed by atoms with van der Waals surface area (Å²) in [4.78, 5) is 42.8. The standard InChI is InChI=1S/C13H16N2O6P2/c16-22(17,18)13(23(19,20)21)15(12-8-4-5-9-14-12)10-11-6-2-1-3-7-11/h1-9,13H,10H2,(H2,16,17,18)(H2,19,20,21). The summed E-state index contributed by atoms with van der Waals surface area (Å²) >= 11 is 0. The Morgan fingerprint density at radius 1 is 0.913 bits per heavy atom. The van der Waals surface area contributed by atoms with Gasteiger partial charge in [-0.3, -0.25) is 9.13 Å². The van der Waals surface area contributed by atoms with Crippen molar-refractivity contribution >= 4 is 21.0 Å². The lowest BCUT2D eigenvalue weighted by atomic mass is 10.2. The Morgan fingerprint density at radius 3 is 1.96 bits per heavy atom. The van der Waals surface area contributed by atoms with E-state index in [1.54, 1.807) is 42.5 Å². The van der Waals surface area contributed by atoms with E-state index < -0.39 is 20.7 Å². The number of anilines is 1. The van der Waals surface area contributed by atoms with Gasteiger partial charge in [-0.15, -0.1) is 0 Å². The van der Waals surface area contributed by atoms with Crippen molar-refractivity contribution in [2.75, 3.05) is 4.90 Å². The lowest BCUT2D eigenvalue weighted by molar-refractivity contribution is 0.335. The van der Waals surface area contributed by atoms with Crippen molar-refractivity contribution in [3.63, 3.8) is 0 Å². The molecule has 124 valence electrons. The second kappa shape index (κ2) is 6.93. The maximum absolute atomic E-state index is 11.7. The van der Waals surface area contributed by atoms with Crippen LogP contribution in [0.1, 0.15) is 5.56 Å². The van der Waals surface area contributed by atoms with E-state index in [0.29, 0.717) is 5.56 Å². The molecule has 4 N–H and O–H groups in total. The molecule has 1 heterocycles. The highest BCUT2D eigenvalue weighted by Gasteiger charge is 2.48. The average molecular weight is 358 g/mol. The van der Waals surface area contributed by atoms with Gasteiger partial charge >= 0.3 is 15.2 Å². The Kier molecular flexibility index (Phi) is 5.37. The fourth-order valence-corrected chi connectivity index (χ4v) is 4.84. The minimum atomic E-state index is -5.13. The molecule has 0 aliphatic carbocycles. The van der Waals surface area contributed by atoms with Crippen LogP contribution >= 0.6 is 15.2 Å². The van der Waals surface area contributed by atoms with Crippen molar-refractivity contribution in [1.29, 1.82) is 0 Å². The highest BCUT2D eigenvalue weighted by atomic mass is 31.2. The second-order valence-electron chi connectivity index (χ2n) is 4.83. The lowest BCUT2D eigenvalue weighted by Crippen LogP contribution is -2.35. The Labute approximate surface area is 132 Å². The fourth-order valence-electron chi connectivity index (χ4n) is 2.14. The Morgan fingerprint density at radius 2 is 1.48 bits per heavy atom. The largest absolute Gasteiger partial charge is 0.360 e. The number of nitrogens with zero attached hydrogens (tertiary/aromatic N) is 2. The molecule has 0 aliphatic rings. The van der Waals surface area contributed by atoms with Gasteiger partial charge in [0, 0.05) is 12.7 Å². The molecule has 0 bridgehead atoms. The zero-order chi connectivity index (χ0) is 17.1. The van der Waals surface area contributed by atoms with E-state index in [1.165, 1.54) is 12.3 Å². The van der Waals surface area contributed by atoms with Crippen molar-refractivity contribution in [3.05, 3.63) is 60.3 Å². The minimum Gasteiger partial charge on any atom is -0.328 e. The van der Waals surface area contributed by atoms with Gasteiger partial charge in [-0.1, -0.05) is 36.4 Å². The van der Waals surface area contributed by atoms with E-state index in [0.717, 1.165) is 4.90 Å². The zero-order valence-corrected chi connectivity index (χ0v) is 13.7. The maximum Gasteiger partial charge on any atom is 0.360 e. The SMILES string of the molecule is O=P(O)(O)C(N(Cc1ccccc1)c1ccccn1)P(=O)(O)O. The molecule has 0 radical (unpaired) electrons. The predicted octanol–water partition coefficient (Wildman–Crippen LogP) is 1.73. The van der Waals surface area contributed by atoms with Crippen molar-refractivity contribution in [1.82, 2.24) is 4.98 Å². The summed E-state index contributed by atoms with van der Waals surface area (Å²) in [5, 5.41) is 0. The van der Waals surface area contributed by atoms with Crippen molar-refractivity contribution in [2.45, 2.75) is 12.1 Å². The van der Waals surface area contributed by atoms with E-state index in [4.69, 9.17) is 0 Å². The van der Waals surface area contributed by atoms with E-state index in [1.807, 2.05) is 0 Å². The number of aromatic nitrogens is 1. The molecule has 8 nitrogen and oxygen atoms in total. The Hall–Kier alpha value is -1.53. The van der Waals surface area contributed by atoms with Crippen molar-refractivity contribution in [2.24, 2.45) is 0 Å². The monoisotopic (exact) mass is 358 g/mol. The lowest BCUT2D eigenvalue weighted by Gasteiger charge is -2.33. The summed E-state index contributed by atoms with van der Waals surface area (Å²) in [6.45, 7) is -0.112. The van der Waals surface area contributed by atoms with Gasteiger partial charge in [-0.2, -0.15) is 0 Å². The Balaban J connectivity index is 2.52. The van der Waals surface area contributed by atoms with E-state index in [-0.39, 0.29) is 12.4 Å². The number of hydrogen-bond acceptors (Lipinski definition) is 4. The first-order valence-corrected chi connectivity index (χ1v) is 9.88. The molecule has 0 aliphatic heterocycles. The predicted molar refractivity (Wildman–Crippen MR) is 84.7 cm³/mol. The first kappa shape index (κ1) is 17.8. The highest BCUT2D eigenvalue weighted by molar-refractivity contribution is 7.71. The summed E-state index contributed by atoms with van der Waals surface area (Å²) < 4.78 is 23.4. The molecule has 0 fully saturated rings.